The van der Waals surface area contributed by atoms with Gasteiger partial charge in [0.25, 0.3) is 11.6 Å². The number of aliphatic hydroxyl groups is 18. The van der Waals surface area contributed by atoms with Gasteiger partial charge in [-0.25, -0.2) is 9.59 Å². The minimum atomic E-state index is -3.50. The molecule has 44 heteroatoms. The Morgan fingerprint density at radius 3 is 1.40 bits per heavy atom. The zero-order valence-corrected chi connectivity index (χ0v) is 63.2. The van der Waals surface area contributed by atoms with Crippen LogP contribution in [0, 0.1) is 0 Å². The van der Waals surface area contributed by atoms with Crippen molar-refractivity contribution in [1.82, 2.24) is 21.3 Å². The lowest BCUT2D eigenvalue weighted by Gasteiger charge is -2.53. The van der Waals surface area contributed by atoms with Gasteiger partial charge in [-0.15, -0.1) is 0 Å². The largest absolute Gasteiger partial charge is 0.477 e. The van der Waals surface area contributed by atoms with Gasteiger partial charge in [-0.2, -0.15) is 0 Å². The van der Waals surface area contributed by atoms with E-state index in [4.69, 9.17) is 61.6 Å². The molecule has 0 aromatic carbocycles. The Morgan fingerprint density at radius 1 is 0.487 bits per heavy atom. The fourth-order valence-corrected chi connectivity index (χ4v) is 14.4. The Bertz CT molecular complexity index is 2970. The number of unbranched alkanes of at least 4 members (excludes halogenated alkanes) is 11. The molecule has 6 fully saturated rings. The predicted octanol–water partition coefficient (Wildman–Crippen LogP) is -9.93. The molecule has 24 N–H and O–H groups in total. The lowest BCUT2D eigenvalue weighted by atomic mass is 9.88. The number of hydrogen-bond donors (Lipinski definition) is 24. The molecule has 44 nitrogen and oxygen atoms in total. The molecule has 6 aliphatic rings. The van der Waals surface area contributed by atoms with E-state index in [-0.39, 0.29) is 6.41 Å². The van der Waals surface area contributed by atoms with Crippen LogP contribution in [0.1, 0.15) is 125 Å². The van der Waals surface area contributed by atoms with Crippen molar-refractivity contribution in [1.29, 1.82) is 0 Å². The van der Waals surface area contributed by atoms with E-state index in [0.717, 1.165) is 59.8 Å². The number of esters is 1. The highest BCUT2D eigenvalue weighted by Gasteiger charge is 2.64. The fraction of sp³-hybridized carbons (Fsp3) is 0.870. The van der Waals surface area contributed by atoms with Crippen molar-refractivity contribution in [2.75, 3.05) is 46.2 Å². The van der Waals surface area contributed by atoms with Crippen molar-refractivity contribution in [3.05, 3.63) is 12.2 Å². The third-order valence-electron chi connectivity index (χ3n) is 20.3. The summed E-state index contributed by atoms with van der Waals surface area (Å²) in [4.78, 5) is 89.5. The first-order valence-electron chi connectivity index (χ1n) is 37.6. The van der Waals surface area contributed by atoms with Crippen LogP contribution in [0.5, 0.6) is 0 Å². The molecule has 6 rings (SSSR count). The highest BCUT2D eigenvalue weighted by molar-refractivity contribution is 5.78. The summed E-state index contributed by atoms with van der Waals surface area (Å²) in [5, 5.41) is 235. The second-order valence-electron chi connectivity index (χ2n) is 28.8. The minimum Gasteiger partial charge on any atom is -0.477 e. The van der Waals surface area contributed by atoms with Crippen molar-refractivity contribution < 1.29 is 197 Å². The SMILES string of the molecule is CCCCCCCCCCCCC/C=C/[C@@H](O)[C@H](CO[C@@H]1O[C@H](CO)[C@@H](O[C@@H]2O[C@H](CO)[C@H](O[C@@H]3O[C@H](CO)[C@H](O)[C@H](O[C@@H]4O[C@H](CO)[C@H](O)[C@H](O[C@]5(C(=O)O)C[C@H](O)[C@@H](NC(C)=O)[C@H]([C@H](O)[C@@H](CO)OC(C)=O)O5)[C@H]4O)[C@H]3NC(C)=O)[C@H](O[C@]3(C(=O)O)C[C@H](O)[C@@H](NC(C)=O)[C@H]([C@H](O)[C@H](O)CO)O3)[C@H]2O)[C@H](O)[C@H]1O)NC=O. The normalized spacial score (nSPS) is 37.9. The van der Waals surface area contributed by atoms with Crippen LogP contribution in [0.25, 0.3) is 0 Å². The number of carboxylic acid groups (broad SMARTS) is 2. The van der Waals surface area contributed by atoms with E-state index >= 15 is 0 Å². The summed E-state index contributed by atoms with van der Waals surface area (Å²) in [6, 6.07) is -6.99. The quantitative estimate of drug-likeness (QED) is 0.0116. The molecular formula is C69H116N4O40. The van der Waals surface area contributed by atoms with Crippen LogP contribution in [-0.2, 0) is 95.1 Å². The highest BCUT2D eigenvalue weighted by atomic mass is 16.8. The van der Waals surface area contributed by atoms with E-state index in [9.17, 15) is 136 Å². The molecular weight excluding hydrogens is 1520 g/mol. The summed E-state index contributed by atoms with van der Waals surface area (Å²) < 4.78 is 76.5. The molecule has 113 heavy (non-hydrogen) atoms. The molecule has 0 unspecified atom stereocenters. The third kappa shape index (κ3) is 25.2. The van der Waals surface area contributed by atoms with Gasteiger partial charge in [0.05, 0.1) is 82.7 Å². The molecule has 34 atom stereocenters. The number of nitrogens with one attached hydrogen (secondary N) is 4. The average Bonchev–Trinajstić information content (AvgIpc) is 0.747. The maximum atomic E-state index is 13.9. The molecule has 6 heterocycles. The monoisotopic (exact) mass is 1640 g/mol. The van der Waals surface area contributed by atoms with Crippen LogP contribution in [0.4, 0.5) is 0 Å². The number of carboxylic acids is 2. The smallest absolute Gasteiger partial charge is 0.364 e. The van der Waals surface area contributed by atoms with Gasteiger partial charge < -0.3 is 185 Å². The van der Waals surface area contributed by atoms with E-state index in [1.54, 1.807) is 6.08 Å². The van der Waals surface area contributed by atoms with Gasteiger partial charge in [0, 0.05) is 40.5 Å². The Hall–Kier alpha value is -5.17. The second-order valence-corrected chi connectivity index (χ2v) is 28.8. The third-order valence-corrected chi connectivity index (χ3v) is 20.3. The summed E-state index contributed by atoms with van der Waals surface area (Å²) in [6.45, 7) is -2.28. The molecule has 0 aliphatic carbocycles. The van der Waals surface area contributed by atoms with Crippen molar-refractivity contribution >= 4 is 42.0 Å². The number of amides is 4. The number of carbonyl (C=O) groups is 7. The molecule has 6 aliphatic heterocycles. The van der Waals surface area contributed by atoms with E-state index in [2.05, 4.69) is 28.2 Å². The van der Waals surface area contributed by atoms with Gasteiger partial charge in [-0.1, -0.05) is 83.3 Å². The first-order valence-corrected chi connectivity index (χ1v) is 37.6. The Balaban J connectivity index is 1.34. The molecule has 4 amide bonds. The highest BCUT2D eigenvalue weighted by Crippen LogP contribution is 2.43. The standard InChI is InChI=1S/C69H116N4O40/c1-6-7-8-9-10-11-12-13-14-15-16-17-18-19-35(85)34(70-29-80)28-101-63-52(94)51(93)55(42(26-78)105-63)107-65-54(96)61(113-69(67(99)100)21-36(86)44(71-30(2)81)58(110-69)47(89)38(88)22-74)56(43(27-79)106-65)108-62-46(73-32(4)83)57(48(90)40(24-76)103-62)109-64-53(95)60(50(92)41(25-77)104-64)112-68(66(97)98)20-37(87)45(72-31(3)82)59(111-68)49(91)39(23-75)102-33(5)84/h18-19,29,34-65,74-79,85-96H,6-17,20-28H2,1-5H3,(H,70,80)(H,71,81)(H,72,82)(H,73,83)(H,97,98)(H,99,100)/b19-18+/t34-,35+,36-,37-,38+,39+,40+,41+,42+,43+,44+,45+,46+,47+,48-,49+,50-,51+,52+,53+,54+,55+,56-,57+,58+,59+,60-,61+,62-,63+,64-,65-,68-,69-/m0/s1. The topological polar surface area (TPSA) is 692 Å². The van der Waals surface area contributed by atoms with Gasteiger partial charge in [0.2, 0.25) is 24.1 Å². The van der Waals surface area contributed by atoms with E-state index in [1.807, 2.05) is 0 Å². The Kier molecular flexibility index (Phi) is 39.1. The van der Waals surface area contributed by atoms with Crippen molar-refractivity contribution in [2.24, 2.45) is 0 Å². The van der Waals surface area contributed by atoms with Crippen molar-refractivity contribution in [2.45, 2.75) is 332 Å². The lowest BCUT2D eigenvalue weighted by molar-refractivity contribution is -0.405. The molecule has 0 saturated carbocycles. The van der Waals surface area contributed by atoms with E-state index < -0.39 is 302 Å². The van der Waals surface area contributed by atoms with Gasteiger partial charge >= 0.3 is 17.9 Å². The zero-order valence-electron chi connectivity index (χ0n) is 63.2. The first kappa shape index (κ1) is 96.7. The predicted molar refractivity (Wildman–Crippen MR) is 371 cm³/mol. The first-order chi connectivity index (χ1) is 53.6. The number of ether oxygens (including phenoxy) is 13. The second kappa shape index (κ2) is 45.7. The van der Waals surface area contributed by atoms with Crippen LogP contribution in [0.15, 0.2) is 12.2 Å². The average molecular weight is 1640 g/mol. The Labute approximate surface area is 649 Å². The number of rotatable bonds is 45. The lowest BCUT2D eigenvalue weighted by Crippen LogP contribution is -2.72. The number of carbonyl (C=O) groups excluding carboxylic acids is 5. The minimum absolute atomic E-state index is 0.271. The van der Waals surface area contributed by atoms with Gasteiger partial charge in [-0.3, -0.25) is 24.0 Å². The molecule has 0 bridgehead atoms. The maximum Gasteiger partial charge on any atom is 0.364 e. The maximum absolute atomic E-state index is 13.9. The van der Waals surface area contributed by atoms with Crippen molar-refractivity contribution in [3.63, 3.8) is 0 Å². The fourth-order valence-electron chi connectivity index (χ4n) is 14.4. The number of hydrogen-bond acceptors (Lipinski definition) is 38. The van der Waals surface area contributed by atoms with E-state index in [0.29, 0.717) is 6.42 Å². The zero-order chi connectivity index (χ0) is 83.9. The summed E-state index contributed by atoms with van der Waals surface area (Å²) >= 11 is 0. The Morgan fingerprint density at radius 2 is 0.920 bits per heavy atom. The van der Waals surface area contributed by atoms with Crippen LogP contribution in [0.2, 0.25) is 0 Å². The molecule has 0 radical (unpaired) electrons. The number of aliphatic carboxylic acids is 2. The molecule has 0 spiro atoms. The van der Waals surface area contributed by atoms with Gasteiger partial charge in [0.15, 0.2) is 31.3 Å². The molecule has 0 aromatic heterocycles. The van der Waals surface area contributed by atoms with E-state index in [1.165, 1.54) is 44.6 Å². The van der Waals surface area contributed by atoms with Crippen LogP contribution in [0.3, 0.4) is 0 Å². The molecule has 6 saturated heterocycles. The molecule has 652 valence electrons. The van der Waals surface area contributed by atoms with Crippen molar-refractivity contribution in [3.8, 4) is 0 Å². The van der Waals surface area contributed by atoms with Crippen LogP contribution >= 0.6 is 0 Å². The van der Waals surface area contributed by atoms with Gasteiger partial charge in [-0.05, 0) is 12.8 Å². The summed E-state index contributed by atoms with van der Waals surface area (Å²) in [6.07, 6.45) is -49.0. The van der Waals surface area contributed by atoms with Gasteiger partial charge in [0.1, 0.15) is 128 Å². The summed E-state index contributed by atoms with van der Waals surface area (Å²) in [7, 11) is 0. The van der Waals surface area contributed by atoms with Crippen LogP contribution < -0.4 is 21.3 Å². The number of allylic oxidation sites excluding steroid dienone is 1. The summed E-state index contributed by atoms with van der Waals surface area (Å²) in [5.41, 5.74) is 0. The molecule has 0 aromatic rings. The summed E-state index contributed by atoms with van der Waals surface area (Å²) in [5.74, 6) is -15.3. The number of aliphatic hydroxyl groups excluding tert-OH is 18. The van der Waals surface area contributed by atoms with Crippen LogP contribution in [-0.4, -0.2) is 398 Å².